The summed E-state index contributed by atoms with van der Waals surface area (Å²) in [7, 11) is 1.74. The minimum absolute atomic E-state index is 0.289. The van der Waals surface area contributed by atoms with Gasteiger partial charge in [0.05, 0.1) is 24.9 Å². The molecule has 7 heteroatoms. The topological polar surface area (TPSA) is 59.3 Å². The van der Waals surface area contributed by atoms with Gasteiger partial charge < -0.3 is 9.64 Å². The zero-order valence-corrected chi connectivity index (χ0v) is 17.1. The van der Waals surface area contributed by atoms with E-state index in [1.165, 1.54) is 37.8 Å². The fourth-order valence-electron chi connectivity index (χ4n) is 4.78. The lowest BCUT2D eigenvalue weighted by molar-refractivity contribution is 0.163. The lowest BCUT2D eigenvalue weighted by atomic mass is 9.95. The Morgan fingerprint density at radius 1 is 1.07 bits per heavy atom. The molecule has 7 nitrogen and oxygen atoms in total. The summed E-state index contributed by atoms with van der Waals surface area (Å²) in [4.78, 5) is 4.98. The van der Waals surface area contributed by atoms with E-state index in [4.69, 9.17) is 4.74 Å². The summed E-state index contributed by atoms with van der Waals surface area (Å²) in [5.74, 6) is 2.00. The van der Waals surface area contributed by atoms with Crippen LogP contribution in [0.2, 0.25) is 0 Å². The minimum Gasteiger partial charge on any atom is -0.495 e. The third-order valence-corrected chi connectivity index (χ3v) is 6.30. The highest BCUT2D eigenvalue weighted by Gasteiger charge is 2.30. The average molecular weight is 385 g/mol. The second-order valence-electron chi connectivity index (χ2n) is 7.89. The Morgan fingerprint density at radius 2 is 1.82 bits per heavy atom. The fourth-order valence-corrected chi connectivity index (χ4v) is 4.78. The van der Waals surface area contributed by atoms with Gasteiger partial charge in [-0.05, 0) is 41.8 Å². The molecule has 0 amide bonds. The number of hydrogen-bond acceptors (Lipinski definition) is 6. The van der Waals surface area contributed by atoms with Gasteiger partial charge in [-0.1, -0.05) is 38.3 Å². The van der Waals surface area contributed by atoms with Crippen LogP contribution in [0.25, 0.3) is 0 Å². The van der Waals surface area contributed by atoms with Crippen molar-refractivity contribution in [2.45, 2.75) is 57.5 Å². The summed E-state index contributed by atoms with van der Waals surface area (Å²) in [5.41, 5.74) is 1.18. The molecule has 4 rings (SSSR count). The number of benzene rings is 1. The summed E-state index contributed by atoms with van der Waals surface area (Å²) >= 11 is 0. The van der Waals surface area contributed by atoms with Crippen LogP contribution in [0, 0.1) is 0 Å². The zero-order chi connectivity index (χ0) is 19.3. The molecule has 0 spiro atoms. The Hall–Kier alpha value is -2.15. The number of anilines is 1. The van der Waals surface area contributed by atoms with Gasteiger partial charge in [0.25, 0.3) is 0 Å². The molecule has 1 unspecified atom stereocenters. The van der Waals surface area contributed by atoms with Gasteiger partial charge in [0, 0.05) is 26.2 Å². The van der Waals surface area contributed by atoms with Crippen LogP contribution in [0.5, 0.6) is 5.75 Å². The summed E-state index contributed by atoms with van der Waals surface area (Å²) < 4.78 is 7.69. The summed E-state index contributed by atoms with van der Waals surface area (Å²) in [6.45, 7) is 6.24. The monoisotopic (exact) mass is 384 g/mol. The zero-order valence-electron chi connectivity index (χ0n) is 17.1. The van der Waals surface area contributed by atoms with Crippen LogP contribution < -0.4 is 9.64 Å². The van der Waals surface area contributed by atoms with Crippen molar-refractivity contribution < 1.29 is 4.74 Å². The molecule has 28 heavy (non-hydrogen) atoms. The molecule has 1 atom stereocenters. The first-order chi connectivity index (χ1) is 13.8. The number of aromatic nitrogens is 4. The second-order valence-corrected chi connectivity index (χ2v) is 7.89. The lowest BCUT2D eigenvalue weighted by Gasteiger charge is -2.40. The second kappa shape index (κ2) is 8.90. The Kier molecular flexibility index (Phi) is 6.10. The molecule has 0 N–H and O–H groups in total. The number of para-hydroxylation sites is 2. The van der Waals surface area contributed by atoms with Gasteiger partial charge in [0.2, 0.25) is 0 Å². The van der Waals surface area contributed by atoms with E-state index < -0.39 is 0 Å². The molecule has 2 heterocycles. The van der Waals surface area contributed by atoms with Gasteiger partial charge in [0.15, 0.2) is 5.82 Å². The van der Waals surface area contributed by atoms with Crippen molar-refractivity contribution >= 4 is 5.69 Å². The molecule has 0 bridgehead atoms. The number of methoxy groups -OCH3 is 1. The van der Waals surface area contributed by atoms with Crippen molar-refractivity contribution in [2.75, 3.05) is 38.2 Å². The average Bonchev–Trinajstić information content (AvgIpc) is 3.25. The molecule has 2 aromatic rings. The van der Waals surface area contributed by atoms with E-state index in [1.54, 1.807) is 7.11 Å². The van der Waals surface area contributed by atoms with Crippen molar-refractivity contribution in [3.8, 4) is 5.75 Å². The van der Waals surface area contributed by atoms with E-state index in [0.717, 1.165) is 44.2 Å². The molecule has 152 valence electrons. The van der Waals surface area contributed by atoms with Crippen molar-refractivity contribution in [3.05, 3.63) is 30.1 Å². The van der Waals surface area contributed by atoms with E-state index in [2.05, 4.69) is 49.1 Å². The van der Waals surface area contributed by atoms with E-state index in [-0.39, 0.29) is 6.04 Å². The predicted molar refractivity (Wildman–Crippen MR) is 110 cm³/mol. The first kappa shape index (κ1) is 19.2. The standard InChI is InChI=1S/C21H32N6O/c1-3-18(21-22-23-24-27(21)17-9-5-4-6-10-17)25-13-15-26(16-14-25)19-11-7-8-12-20(19)28-2/h7-8,11-12,17-18H,3-6,9-10,13-16H2,1-2H3. The molecule has 1 aliphatic carbocycles. The number of hydrogen-bond donors (Lipinski definition) is 0. The third-order valence-electron chi connectivity index (χ3n) is 6.30. The van der Waals surface area contributed by atoms with Crippen LogP contribution >= 0.6 is 0 Å². The SMILES string of the molecule is CCC(c1nnnn1C1CCCCC1)N1CCN(c2ccccc2OC)CC1. The number of ether oxygens (including phenoxy) is 1. The largest absolute Gasteiger partial charge is 0.495 e. The predicted octanol–water partition coefficient (Wildman–Crippen LogP) is 3.46. The highest BCUT2D eigenvalue weighted by molar-refractivity contribution is 5.58. The van der Waals surface area contributed by atoms with Crippen molar-refractivity contribution in [1.82, 2.24) is 25.1 Å². The van der Waals surface area contributed by atoms with Gasteiger partial charge in [-0.15, -0.1) is 5.10 Å². The number of nitrogens with zero attached hydrogens (tertiary/aromatic N) is 6. The van der Waals surface area contributed by atoms with Crippen LogP contribution in [-0.4, -0.2) is 58.4 Å². The molecule has 2 aliphatic rings. The molecule has 1 saturated heterocycles. The molecule has 1 aromatic carbocycles. The smallest absolute Gasteiger partial charge is 0.168 e. The number of tetrazole rings is 1. The molecule has 1 aliphatic heterocycles. The number of rotatable bonds is 6. The first-order valence-corrected chi connectivity index (χ1v) is 10.7. The molecule has 1 aromatic heterocycles. The van der Waals surface area contributed by atoms with Gasteiger partial charge in [-0.25, -0.2) is 4.68 Å². The maximum atomic E-state index is 5.55. The Labute approximate surface area is 167 Å². The van der Waals surface area contributed by atoms with Crippen LogP contribution in [0.1, 0.15) is 63.4 Å². The maximum absolute atomic E-state index is 5.55. The molecule has 1 saturated carbocycles. The highest BCUT2D eigenvalue weighted by atomic mass is 16.5. The van der Waals surface area contributed by atoms with E-state index >= 15 is 0 Å². The fraction of sp³-hybridized carbons (Fsp3) is 0.667. The first-order valence-electron chi connectivity index (χ1n) is 10.7. The van der Waals surface area contributed by atoms with Crippen LogP contribution in [-0.2, 0) is 0 Å². The van der Waals surface area contributed by atoms with Gasteiger partial charge in [-0.3, -0.25) is 4.90 Å². The van der Waals surface area contributed by atoms with Crippen molar-refractivity contribution in [3.63, 3.8) is 0 Å². The van der Waals surface area contributed by atoms with Gasteiger partial charge in [-0.2, -0.15) is 0 Å². The van der Waals surface area contributed by atoms with Crippen LogP contribution in [0.3, 0.4) is 0 Å². The summed E-state index contributed by atoms with van der Waals surface area (Å²) in [6.07, 6.45) is 7.36. The van der Waals surface area contributed by atoms with Gasteiger partial charge in [0.1, 0.15) is 5.75 Å². The van der Waals surface area contributed by atoms with Crippen LogP contribution in [0.15, 0.2) is 24.3 Å². The normalized spacial score (nSPS) is 20.3. The van der Waals surface area contributed by atoms with E-state index in [1.807, 2.05) is 12.1 Å². The van der Waals surface area contributed by atoms with Gasteiger partial charge >= 0.3 is 0 Å². The Balaban J connectivity index is 1.45. The maximum Gasteiger partial charge on any atom is 0.168 e. The molecule has 0 radical (unpaired) electrons. The quantitative estimate of drug-likeness (QED) is 0.760. The van der Waals surface area contributed by atoms with Crippen molar-refractivity contribution in [2.24, 2.45) is 0 Å². The molecular formula is C21H32N6O. The third kappa shape index (κ3) is 3.85. The van der Waals surface area contributed by atoms with Crippen LogP contribution in [0.4, 0.5) is 5.69 Å². The van der Waals surface area contributed by atoms with E-state index in [0.29, 0.717) is 6.04 Å². The lowest BCUT2D eigenvalue weighted by Crippen LogP contribution is -2.48. The molecular weight excluding hydrogens is 352 g/mol. The molecule has 2 fully saturated rings. The summed E-state index contributed by atoms with van der Waals surface area (Å²) in [6, 6.07) is 9.05. The Bertz CT molecular complexity index is 749. The Morgan fingerprint density at radius 3 is 2.54 bits per heavy atom. The van der Waals surface area contributed by atoms with E-state index in [9.17, 15) is 0 Å². The summed E-state index contributed by atoms with van der Waals surface area (Å²) in [5, 5.41) is 12.9. The number of piperazine rings is 1. The minimum atomic E-state index is 0.289. The highest BCUT2D eigenvalue weighted by Crippen LogP contribution is 2.33. The van der Waals surface area contributed by atoms with Crippen molar-refractivity contribution in [1.29, 1.82) is 0 Å².